The number of thiocarbonyl (C=S) groups is 1. The minimum atomic E-state index is 0.399. The number of nitrogens with one attached hydrogen (secondary N) is 1. The molecule has 1 aromatic heterocycles. The molecule has 0 amide bonds. The van der Waals surface area contributed by atoms with Gasteiger partial charge in [-0.15, -0.1) is 0 Å². The number of nitrogens with zero attached hydrogens (tertiary/aromatic N) is 1. The summed E-state index contributed by atoms with van der Waals surface area (Å²) in [6, 6.07) is 10.3. The standard InChI is InChI=1S/C16H16BrN3S/c17-12-6-4-10(5-7-12)9-19-16-13(15(18)21)8-11-2-1-3-14(11)20-16/h4-8H,1-3,9H2,(H2,18,21)(H,19,20). The number of benzene rings is 1. The molecule has 1 aliphatic rings. The van der Waals surface area contributed by atoms with E-state index < -0.39 is 0 Å². The van der Waals surface area contributed by atoms with Crippen molar-refractivity contribution in [3.63, 3.8) is 0 Å². The Morgan fingerprint density at radius 3 is 2.76 bits per heavy atom. The Bertz CT molecular complexity index is 683. The average Bonchev–Trinajstić information content (AvgIpc) is 2.92. The van der Waals surface area contributed by atoms with Gasteiger partial charge in [0.2, 0.25) is 0 Å². The van der Waals surface area contributed by atoms with E-state index in [0.29, 0.717) is 11.5 Å². The van der Waals surface area contributed by atoms with Gasteiger partial charge in [-0.2, -0.15) is 0 Å². The SMILES string of the molecule is NC(=S)c1cc2c(nc1NCc1ccc(Br)cc1)CCC2. The smallest absolute Gasteiger partial charge is 0.136 e. The summed E-state index contributed by atoms with van der Waals surface area (Å²) in [7, 11) is 0. The lowest BCUT2D eigenvalue weighted by atomic mass is 10.1. The van der Waals surface area contributed by atoms with E-state index in [1.807, 2.05) is 12.1 Å². The fraction of sp³-hybridized carbons (Fsp3) is 0.250. The summed E-state index contributed by atoms with van der Waals surface area (Å²) in [5.74, 6) is 0.797. The van der Waals surface area contributed by atoms with Crippen LogP contribution in [0.1, 0.15) is 28.8 Å². The predicted octanol–water partition coefficient (Wildman–Crippen LogP) is 3.58. The monoisotopic (exact) mass is 361 g/mol. The number of anilines is 1. The largest absolute Gasteiger partial charge is 0.389 e. The first-order valence-electron chi connectivity index (χ1n) is 6.94. The molecule has 108 valence electrons. The van der Waals surface area contributed by atoms with Crippen LogP contribution in [0.25, 0.3) is 0 Å². The minimum Gasteiger partial charge on any atom is -0.389 e. The number of hydrogen-bond donors (Lipinski definition) is 2. The molecule has 3 N–H and O–H groups in total. The van der Waals surface area contributed by atoms with Crippen LogP contribution in [0.2, 0.25) is 0 Å². The third kappa shape index (κ3) is 3.24. The van der Waals surface area contributed by atoms with Crippen molar-refractivity contribution in [1.82, 2.24) is 4.98 Å². The topological polar surface area (TPSA) is 50.9 Å². The van der Waals surface area contributed by atoms with Gasteiger partial charge in [0.1, 0.15) is 10.8 Å². The fourth-order valence-corrected chi connectivity index (χ4v) is 3.00. The number of rotatable bonds is 4. The lowest BCUT2D eigenvalue weighted by Gasteiger charge is -2.13. The zero-order valence-corrected chi connectivity index (χ0v) is 13.9. The number of hydrogen-bond acceptors (Lipinski definition) is 3. The highest BCUT2D eigenvalue weighted by Gasteiger charge is 2.17. The molecule has 0 bridgehead atoms. The Kier molecular flexibility index (Phi) is 4.22. The number of pyridine rings is 1. The molecule has 21 heavy (non-hydrogen) atoms. The molecular formula is C16H16BrN3S. The summed E-state index contributed by atoms with van der Waals surface area (Å²) in [6.45, 7) is 0.703. The molecule has 1 aliphatic carbocycles. The van der Waals surface area contributed by atoms with Crippen LogP contribution in [-0.2, 0) is 19.4 Å². The molecule has 0 fully saturated rings. The summed E-state index contributed by atoms with van der Waals surface area (Å²) in [6.07, 6.45) is 3.28. The number of aromatic nitrogens is 1. The molecule has 0 spiro atoms. The highest BCUT2D eigenvalue weighted by atomic mass is 79.9. The van der Waals surface area contributed by atoms with Crippen LogP contribution in [-0.4, -0.2) is 9.97 Å². The molecular weight excluding hydrogens is 346 g/mol. The van der Waals surface area contributed by atoms with Gasteiger partial charge in [0, 0.05) is 16.7 Å². The molecule has 1 aromatic carbocycles. The molecule has 3 rings (SSSR count). The zero-order chi connectivity index (χ0) is 14.8. The summed E-state index contributed by atoms with van der Waals surface area (Å²) in [4.78, 5) is 5.12. The number of aryl methyl sites for hydroxylation is 2. The molecule has 0 atom stereocenters. The molecule has 0 radical (unpaired) electrons. The molecule has 0 saturated heterocycles. The fourth-order valence-electron chi connectivity index (χ4n) is 2.58. The summed E-state index contributed by atoms with van der Waals surface area (Å²) in [5.41, 5.74) is 10.3. The first-order chi connectivity index (χ1) is 10.1. The van der Waals surface area contributed by atoms with Gasteiger partial charge in [0.25, 0.3) is 0 Å². The van der Waals surface area contributed by atoms with Crippen molar-refractivity contribution in [1.29, 1.82) is 0 Å². The van der Waals surface area contributed by atoms with Crippen LogP contribution in [0.15, 0.2) is 34.8 Å². The van der Waals surface area contributed by atoms with Gasteiger partial charge < -0.3 is 11.1 Å². The maximum atomic E-state index is 5.84. The Labute approximate surface area is 138 Å². The Morgan fingerprint density at radius 2 is 2.05 bits per heavy atom. The molecule has 2 aromatic rings. The van der Waals surface area contributed by atoms with E-state index in [4.69, 9.17) is 22.9 Å². The lowest BCUT2D eigenvalue weighted by molar-refractivity contribution is 0.899. The number of fused-ring (bicyclic) bond motifs is 1. The highest BCUT2D eigenvalue weighted by molar-refractivity contribution is 9.10. The van der Waals surface area contributed by atoms with Crippen molar-refractivity contribution in [2.45, 2.75) is 25.8 Å². The second kappa shape index (κ2) is 6.12. The molecule has 0 unspecified atom stereocenters. The van der Waals surface area contributed by atoms with E-state index in [0.717, 1.165) is 35.1 Å². The first-order valence-corrected chi connectivity index (χ1v) is 8.14. The van der Waals surface area contributed by atoms with Crippen molar-refractivity contribution in [2.24, 2.45) is 5.73 Å². The van der Waals surface area contributed by atoms with Gasteiger partial charge in [-0.1, -0.05) is 40.3 Å². The van der Waals surface area contributed by atoms with E-state index in [1.165, 1.54) is 16.8 Å². The maximum absolute atomic E-state index is 5.84. The molecule has 3 nitrogen and oxygen atoms in total. The van der Waals surface area contributed by atoms with Crippen LogP contribution in [0, 0.1) is 0 Å². The maximum Gasteiger partial charge on any atom is 0.136 e. The van der Waals surface area contributed by atoms with Crippen molar-refractivity contribution in [3.8, 4) is 0 Å². The van der Waals surface area contributed by atoms with E-state index in [1.54, 1.807) is 0 Å². The molecule has 0 aliphatic heterocycles. The van der Waals surface area contributed by atoms with Crippen molar-refractivity contribution in [2.75, 3.05) is 5.32 Å². The van der Waals surface area contributed by atoms with Crippen LogP contribution in [0.4, 0.5) is 5.82 Å². The van der Waals surface area contributed by atoms with Crippen molar-refractivity contribution >= 4 is 39.0 Å². The van der Waals surface area contributed by atoms with Crippen LogP contribution >= 0.6 is 28.1 Å². The molecule has 0 saturated carbocycles. The summed E-state index contributed by atoms with van der Waals surface area (Å²) >= 11 is 8.60. The normalized spacial score (nSPS) is 13.0. The Hall–Kier alpha value is -1.46. The van der Waals surface area contributed by atoms with Gasteiger partial charge in [-0.05, 0) is 48.6 Å². The highest BCUT2D eigenvalue weighted by Crippen LogP contribution is 2.25. The number of halogens is 1. The summed E-state index contributed by atoms with van der Waals surface area (Å²) < 4.78 is 1.07. The molecule has 1 heterocycles. The van der Waals surface area contributed by atoms with E-state index >= 15 is 0 Å². The van der Waals surface area contributed by atoms with Crippen molar-refractivity contribution in [3.05, 3.63) is 57.2 Å². The first kappa shape index (κ1) is 14.5. The van der Waals surface area contributed by atoms with E-state index in [-0.39, 0.29) is 0 Å². The van der Waals surface area contributed by atoms with Crippen LogP contribution in [0.3, 0.4) is 0 Å². The van der Waals surface area contributed by atoms with E-state index in [9.17, 15) is 0 Å². The lowest BCUT2D eigenvalue weighted by Crippen LogP contribution is -2.15. The van der Waals surface area contributed by atoms with Gasteiger partial charge in [-0.25, -0.2) is 4.98 Å². The third-order valence-electron chi connectivity index (χ3n) is 3.69. The van der Waals surface area contributed by atoms with Crippen LogP contribution < -0.4 is 11.1 Å². The number of nitrogens with two attached hydrogens (primary N) is 1. The Balaban J connectivity index is 1.84. The second-order valence-corrected chi connectivity index (χ2v) is 6.54. The molecule has 5 heteroatoms. The van der Waals surface area contributed by atoms with Gasteiger partial charge >= 0.3 is 0 Å². The average molecular weight is 362 g/mol. The predicted molar refractivity (Wildman–Crippen MR) is 93.6 cm³/mol. The van der Waals surface area contributed by atoms with Crippen LogP contribution in [0.5, 0.6) is 0 Å². The zero-order valence-electron chi connectivity index (χ0n) is 11.5. The quantitative estimate of drug-likeness (QED) is 0.817. The van der Waals surface area contributed by atoms with Gasteiger partial charge in [-0.3, -0.25) is 0 Å². The van der Waals surface area contributed by atoms with Crippen molar-refractivity contribution < 1.29 is 0 Å². The third-order valence-corrected chi connectivity index (χ3v) is 4.44. The van der Waals surface area contributed by atoms with Gasteiger partial charge in [0.15, 0.2) is 0 Å². The van der Waals surface area contributed by atoms with E-state index in [2.05, 4.69) is 39.4 Å². The Morgan fingerprint density at radius 1 is 1.29 bits per heavy atom. The second-order valence-electron chi connectivity index (χ2n) is 5.19. The summed E-state index contributed by atoms with van der Waals surface area (Å²) in [5, 5.41) is 3.37. The minimum absolute atomic E-state index is 0.399. The van der Waals surface area contributed by atoms with Gasteiger partial charge in [0.05, 0.1) is 5.56 Å².